The number of nitrogens with zero attached hydrogens (tertiary/aromatic N) is 2. The normalized spacial score (nSPS) is 23.4. The van der Waals surface area contributed by atoms with E-state index in [4.69, 9.17) is 4.42 Å². The minimum Gasteiger partial charge on any atom is -0.444 e. The van der Waals surface area contributed by atoms with Gasteiger partial charge in [-0.05, 0) is 63.4 Å². The summed E-state index contributed by atoms with van der Waals surface area (Å²) in [5.74, 6) is 1.59. The second-order valence-electron chi connectivity index (χ2n) is 6.83. The van der Waals surface area contributed by atoms with Crippen molar-refractivity contribution in [2.24, 2.45) is 5.92 Å². The van der Waals surface area contributed by atoms with Gasteiger partial charge in [-0.25, -0.2) is 4.98 Å². The first-order valence-corrected chi connectivity index (χ1v) is 8.84. The molecule has 1 unspecified atom stereocenters. The molecule has 0 amide bonds. The maximum absolute atomic E-state index is 5.65. The van der Waals surface area contributed by atoms with Crippen LogP contribution in [-0.2, 0) is 6.54 Å². The van der Waals surface area contributed by atoms with Gasteiger partial charge in [-0.3, -0.25) is 4.90 Å². The molecule has 1 atom stereocenters. The zero-order chi connectivity index (χ0) is 15.5. The second-order valence-corrected chi connectivity index (χ2v) is 6.83. The van der Waals surface area contributed by atoms with E-state index < -0.39 is 0 Å². The van der Waals surface area contributed by atoms with Gasteiger partial charge in [0.25, 0.3) is 0 Å². The molecule has 2 aliphatic rings. The van der Waals surface area contributed by atoms with Gasteiger partial charge in [0.2, 0.25) is 5.89 Å². The molecule has 1 N–H and O–H groups in total. The first-order chi connectivity index (χ1) is 11.4. The topological polar surface area (TPSA) is 41.3 Å². The largest absolute Gasteiger partial charge is 0.444 e. The molecule has 1 aromatic heterocycles. The average Bonchev–Trinajstić information content (AvgIpc) is 3.28. The number of nitrogens with one attached hydrogen (secondary N) is 1. The lowest BCUT2D eigenvalue weighted by atomic mass is 9.88. The van der Waals surface area contributed by atoms with Gasteiger partial charge in [-0.1, -0.05) is 18.2 Å². The third-order valence-corrected chi connectivity index (χ3v) is 5.26. The van der Waals surface area contributed by atoms with Crippen LogP contribution in [0.15, 0.2) is 41.0 Å². The van der Waals surface area contributed by atoms with Crippen molar-refractivity contribution in [3.63, 3.8) is 0 Å². The van der Waals surface area contributed by atoms with Crippen LogP contribution in [0.25, 0.3) is 11.5 Å². The van der Waals surface area contributed by atoms with Crippen LogP contribution < -0.4 is 5.32 Å². The predicted molar refractivity (Wildman–Crippen MR) is 91.0 cm³/mol. The number of hydrogen-bond acceptors (Lipinski definition) is 4. The zero-order valence-electron chi connectivity index (χ0n) is 13.6. The summed E-state index contributed by atoms with van der Waals surface area (Å²) >= 11 is 0. The minimum absolute atomic E-state index is 0.727. The first-order valence-electron chi connectivity index (χ1n) is 8.84. The van der Waals surface area contributed by atoms with Gasteiger partial charge in [-0.15, -0.1) is 0 Å². The van der Waals surface area contributed by atoms with E-state index in [-0.39, 0.29) is 0 Å². The average molecular weight is 311 g/mol. The molecule has 0 radical (unpaired) electrons. The lowest BCUT2D eigenvalue weighted by molar-refractivity contribution is 0.156. The Morgan fingerprint density at radius 3 is 2.70 bits per heavy atom. The van der Waals surface area contributed by atoms with E-state index in [2.05, 4.69) is 15.2 Å². The summed E-state index contributed by atoms with van der Waals surface area (Å²) < 4.78 is 5.65. The van der Waals surface area contributed by atoms with Gasteiger partial charge >= 0.3 is 0 Å². The quantitative estimate of drug-likeness (QED) is 0.940. The van der Waals surface area contributed by atoms with Gasteiger partial charge in [0.15, 0.2) is 0 Å². The van der Waals surface area contributed by atoms with Crippen molar-refractivity contribution in [1.29, 1.82) is 0 Å². The molecule has 2 aromatic rings. The number of likely N-dealkylation sites (tertiary alicyclic amines) is 1. The van der Waals surface area contributed by atoms with Crippen LogP contribution in [0.3, 0.4) is 0 Å². The Labute approximate surface area is 137 Å². The second kappa shape index (κ2) is 6.85. The molecule has 0 aliphatic carbocycles. The minimum atomic E-state index is 0.727. The van der Waals surface area contributed by atoms with Crippen molar-refractivity contribution in [3.05, 3.63) is 42.3 Å². The lowest BCUT2D eigenvalue weighted by Crippen LogP contribution is -2.40. The fourth-order valence-corrected chi connectivity index (χ4v) is 3.95. The summed E-state index contributed by atoms with van der Waals surface area (Å²) in [7, 11) is 0. The molecule has 4 rings (SSSR count). The number of piperidine rings is 1. The number of aromatic nitrogens is 1. The van der Waals surface area contributed by atoms with E-state index in [9.17, 15) is 0 Å². The van der Waals surface area contributed by atoms with Crippen molar-refractivity contribution < 1.29 is 4.42 Å². The van der Waals surface area contributed by atoms with Crippen LogP contribution >= 0.6 is 0 Å². The van der Waals surface area contributed by atoms with E-state index in [1.165, 1.54) is 45.3 Å². The fraction of sp³-hybridized carbons (Fsp3) is 0.526. The van der Waals surface area contributed by atoms with Crippen LogP contribution in [-0.4, -0.2) is 35.6 Å². The summed E-state index contributed by atoms with van der Waals surface area (Å²) in [6.07, 6.45) is 7.15. The molecule has 1 aromatic carbocycles. The predicted octanol–water partition coefficient (Wildman–Crippen LogP) is 3.31. The molecular weight excluding hydrogens is 286 g/mol. The fourth-order valence-electron chi connectivity index (χ4n) is 3.95. The highest BCUT2D eigenvalue weighted by atomic mass is 16.3. The molecular formula is C19H25N3O. The standard InChI is InChI=1S/C19H25N3O/c1-2-5-16(6-3-1)19-21-17(14-23-19)13-22-11-8-15(9-12-22)18-7-4-10-20-18/h1-3,5-6,14-15,18,20H,4,7-13H2. The third-order valence-electron chi connectivity index (χ3n) is 5.26. The van der Waals surface area contributed by atoms with Crippen LogP contribution in [0.5, 0.6) is 0 Å². The van der Waals surface area contributed by atoms with Crippen LogP contribution in [0.4, 0.5) is 0 Å². The number of benzene rings is 1. The van der Waals surface area contributed by atoms with Gasteiger partial charge in [0.1, 0.15) is 6.26 Å². The van der Waals surface area contributed by atoms with Gasteiger partial charge < -0.3 is 9.73 Å². The number of oxazole rings is 1. The molecule has 2 saturated heterocycles. The van der Waals surface area contributed by atoms with Crippen molar-refractivity contribution >= 4 is 0 Å². The Bertz CT molecular complexity index is 611. The van der Waals surface area contributed by atoms with Crippen molar-refractivity contribution in [1.82, 2.24) is 15.2 Å². The lowest BCUT2D eigenvalue weighted by Gasteiger charge is -2.34. The Hall–Kier alpha value is -1.65. The Morgan fingerprint density at radius 2 is 1.96 bits per heavy atom. The molecule has 0 spiro atoms. The highest BCUT2D eigenvalue weighted by Gasteiger charge is 2.28. The summed E-state index contributed by atoms with van der Waals surface area (Å²) in [5.41, 5.74) is 2.09. The maximum Gasteiger partial charge on any atom is 0.226 e. The zero-order valence-corrected chi connectivity index (χ0v) is 13.6. The van der Waals surface area contributed by atoms with Crippen LogP contribution in [0, 0.1) is 5.92 Å². The van der Waals surface area contributed by atoms with Gasteiger partial charge in [0, 0.05) is 18.2 Å². The van der Waals surface area contributed by atoms with Gasteiger partial charge in [0.05, 0.1) is 5.69 Å². The summed E-state index contributed by atoms with van der Waals surface area (Å²) in [4.78, 5) is 7.16. The summed E-state index contributed by atoms with van der Waals surface area (Å²) in [6.45, 7) is 4.47. The van der Waals surface area contributed by atoms with E-state index in [1.807, 2.05) is 36.6 Å². The van der Waals surface area contributed by atoms with Crippen molar-refractivity contribution in [3.8, 4) is 11.5 Å². The SMILES string of the molecule is c1ccc(-c2nc(CN3CCC(C4CCCN4)CC3)co2)cc1. The van der Waals surface area contributed by atoms with Crippen molar-refractivity contribution in [2.75, 3.05) is 19.6 Å². The highest BCUT2D eigenvalue weighted by Crippen LogP contribution is 2.26. The monoisotopic (exact) mass is 311 g/mol. The highest BCUT2D eigenvalue weighted by molar-refractivity contribution is 5.52. The molecule has 2 fully saturated rings. The molecule has 4 nitrogen and oxygen atoms in total. The van der Waals surface area contributed by atoms with E-state index >= 15 is 0 Å². The Balaban J connectivity index is 1.32. The summed E-state index contributed by atoms with van der Waals surface area (Å²) in [6, 6.07) is 10.9. The Kier molecular flexibility index (Phi) is 4.44. The van der Waals surface area contributed by atoms with Crippen LogP contribution in [0.1, 0.15) is 31.4 Å². The maximum atomic E-state index is 5.65. The Morgan fingerprint density at radius 1 is 1.13 bits per heavy atom. The third kappa shape index (κ3) is 3.48. The van der Waals surface area contributed by atoms with Crippen LogP contribution in [0.2, 0.25) is 0 Å². The number of rotatable bonds is 4. The van der Waals surface area contributed by atoms with E-state index in [0.717, 1.165) is 35.7 Å². The van der Waals surface area contributed by atoms with E-state index in [1.54, 1.807) is 0 Å². The molecule has 0 saturated carbocycles. The summed E-state index contributed by atoms with van der Waals surface area (Å²) in [5, 5.41) is 3.67. The molecule has 0 bridgehead atoms. The molecule has 122 valence electrons. The molecule has 2 aliphatic heterocycles. The molecule has 23 heavy (non-hydrogen) atoms. The van der Waals surface area contributed by atoms with Gasteiger partial charge in [-0.2, -0.15) is 0 Å². The molecule has 3 heterocycles. The van der Waals surface area contributed by atoms with Crippen molar-refractivity contribution in [2.45, 2.75) is 38.3 Å². The molecule has 4 heteroatoms. The first kappa shape index (κ1) is 14.9. The van der Waals surface area contributed by atoms with E-state index in [0.29, 0.717) is 0 Å². The number of hydrogen-bond donors (Lipinski definition) is 1. The smallest absolute Gasteiger partial charge is 0.226 e.